The molecular weight excluding hydrogens is 238 g/mol. The van der Waals surface area contributed by atoms with Gasteiger partial charge in [-0.1, -0.05) is 6.92 Å². The van der Waals surface area contributed by atoms with E-state index >= 15 is 0 Å². The maximum Gasteiger partial charge on any atom is 0.323 e. The van der Waals surface area contributed by atoms with Crippen molar-refractivity contribution >= 4 is 23.2 Å². The van der Waals surface area contributed by atoms with Crippen LogP contribution in [-0.4, -0.2) is 34.5 Å². The molecule has 1 unspecified atom stereocenters. The molecule has 94 valence electrons. The van der Waals surface area contributed by atoms with Crippen LogP contribution in [-0.2, 0) is 16.0 Å². The van der Waals surface area contributed by atoms with Crippen LogP contribution >= 0.6 is 11.3 Å². The number of thiophene rings is 1. The van der Waals surface area contributed by atoms with Gasteiger partial charge in [0.15, 0.2) is 0 Å². The van der Waals surface area contributed by atoms with E-state index in [1.54, 1.807) is 0 Å². The minimum atomic E-state index is -0.969. The second kappa shape index (κ2) is 6.39. The molecule has 0 aliphatic carbocycles. The lowest BCUT2D eigenvalue weighted by molar-refractivity contribution is -0.145. The molecule has 1 heterocycles. The summed E-state index contributed by atoms with van der Waals surface area (Å²) in [6, 6.07) is 1.84. The smallest absolute Gasteiger partial charge is 0.323 e. The first kappa shape index (κ1) is 13.7. The van der Waals surface area contributed by atoms with Gasteiger partial charge in [0.25, 0.3) is 0 Å². The molecule has 1 atom stereocenters. The highest BCUT2D eigenvalue weighted by Gasteiger charge is 2.21. The van der Waals surface area contributed by atoms with Gasteiger partial charge in [-0.3, -0.25) is 9.59 Å². The molecule has 1 N–H and O–H groups in total. The molecule has 1 rings (SSSR count). The van der Waals surface area contributed by atoms with Gasteiger partial charge >= 0.3 is 5.97 Å². The molecule has 0 aliphatic rings. The average molecular weight is 255 g/mol. The molecule has 0 radical (unpaired) electrons. The third-order valence-electron chi connectivity index (χ3n) is 2.68. The van der Waals surface area contributed by atoms with Crippen molar-refractivity contribution in [3.63, 3.8) is 0 Å². The largest absolute Gasteiger partial charge is 0.480 e. The number of nitrogens with zero attached hydrogens (tertiary/aromatic N) is 1. The monoisotopic (exact) mass is 255 g/mol. The van der Waals surface area contributed by atoms with Gasteiger partial charge in [0.2, 0.25) is 5.91 Å². The Morgan fingerprint density at radius 3 is 2.71 bits per heavy atom. The maximum absolute atomic E-state index is 12.0. The molecule has 0 aromatic carbocycles. The maximum atomic E-state index is 12.0. The lowest BCUT2D eigenvalue weighted by Gasteiger charge is -2.26. The Labute approximate surface area is 105 Å². The lowest BCUT2D eigenvalue weighted by Crippen LogP contribution is -2.42. The molecule has 0 saturated carbocycles. The van der Waals surface area contributed by atoms with Gasteiger partial charge in [-0.05, 0) is 35.7 Å². The van der Waals surface area contributed by atoms with Crippen molar-refractivity contribution < 1.29 is 14.7 Å². The van der Waals surface area contributed by atoms with Crippen LogP contribution in [0.15, 0.2) is 16.8 Å². The molecule has 17 heavy (non-hydrogen) atoms. The summed E-state index contributed by atoms with van der Waals surface area (Å²) in [5.41, 5.74) is 0.943. The summed E-state index contributed by atoms with van der Waals surface area (Å²) in [6.45, 7) is 3.59. The highest BCUT2D eigenvalue weighted by Crippen LogP contribution is 2.11. The van der Waals surface area contributed by atoms with Gasteiger partial charge in [0.1, 0.15) is 6.54 Å². The van der Waals surface area contributed by atoms with E-state index in [0.717, 1.165) is 12.0 Å². The lowest BCUT2D eigenvalue weighted by atomic mass is 10.1. The molecule has 0 fully saturated rings. The van der Waals surface area contributed by atoms with E-state index in [1.807, 2.05) is 30.7 Å². The fourth-order valence-corrected chi connectivity index (χ4v) is 2.19. The topological polar surface area (TPSA) is 57.6 Å². The molecule has 1 aromatic rings. The van der Waals surface area contributed by atoms with Crippen LogP contribution in [0.25, 0.3) is 0 Å². The van der Waals surface area contributed by atoms with Gasteiger partial charge in [0.05, 0.1) is 6.42 Å². The van der Waals surface area contributed by atoms with E-state index in [1.165, 1.54) is 16.2 Å². The van der Waals surface area contributed by atoms with E-state index in [2.05, 4.69) is 0 Å². The summed E-state index contributed by atoms with van der Waals surface area (Å²) >= 11 is 1.53. The van der Waals surface area contributed by atoms with Crippen LogP contribution in [0.3, 0.4) is 0 Å². The number of hydrogen-bond donors (Lipinski definition) is 1. The fraction of sp³-hybridized carbons (Fsp3) is 0.500. The van der Waals surface area contributed by atoms with Gasteiger partial charge in [-0.25, -0.2) is 0 Å². The third kappa shape index (κ3) is 4.19. The van der Waals surface area contributed by atoms with Crippen LogP contribution in [0.5, 0.6) is 0 Å². The van der Waals surface area contributed by atoms with Crippen LogP contribution in [0.2, 0.25) is 0 Å². The Balaban J connectivity index is 2.68. The Hall–Kier alpha value is -1.36. The van der Waals surface area contributed by atoms with Crippen molar-refractivity contribution in [3.8, 4) is 0 Å². The molecule has 0 saturated heterocycles. The fourth-order valence-electron chi connectivity index (χ4n) is 1.53. The summed E-state index contributed by atoms with van der Waals surface area (Å²) in [5.74, 6) is -1.09. The standard InChI is InChI=1S/C12H17NO3S/c1-3-9(2)13(7-12(15)16)11(14)6-10-4-5-17-8-10/h4-5,8-9H,3,6-7H2,1-2H3,(H,15,16). The first-order valence-electron chi connectivity index (χ1n) is 5.57. The van der Waals surface area contributed by atoms with Gasteiger partial charge in [-0.2, -0.15) is 11.3 Å². The summed E-state index contributed by atoms with van der Waals surface area (Å²) in [7, 11) is 0. The minimum absolute atomic E-state index is 0.0442. The molecule has 1 aromatic heterocycles. The molecule has 0 bridgehead atoms. The zero-order valence-electron chi connectivity index (χ0n) is 10.0. The Morgan fingerprint density at radius 2 is 2.24 bits per heavy atom. The van der Waals surface area contributed by atoms with E-state index < -0.39 is 5.97 Å². The number of rotatable bonds is 6. The second-order valence-electron chi connectivity index (χ2n) is 3.98. The van der Waals surface area contributed by atoms with Crippen LogP contribution in [0.4, 0.5) is 0 Å². The molecular formula is C12H17NO3S. The summed E-state index contributed by atoms with van der Waals surface area (Å²) in [4.78, 5) is 24.2. The SMILES string of the molecule is CCC(C)N(CC(=O)O)C(=O)Cc1ccsc1. The zero-order chi connectivity index (χ0) is 12.8. The van der Waals surface area contributed by atoms with Gasteiger partial charge < -0.3 is 10.0 Å². The predicted molar refractivity (Wildman–Crippen MR) is 67.1 cm³/mol. The average Bonchev–Trinajstić information content (AvgIpc) is 2.77. The quantitative estimate of drug-likeness (QED) is 0.846. The number of carbonyl (C=O) groups excluding carboxylic acids is 1. The summed E-state index contributed by atoms with van der Waals surface area (Å²) < 4.78 is 0. The second-order valence-corrected chi connectivity index (χ2v) is 4.76. The summed E-state index contributed by atoms with van der Waals surface area (Å²) in [6.07, 6.45) is 1.03. The van der Waals surface area contributed by atoms with Crippen molar-refractivity contribution in [1.82, 2.24) is 4.90 Å². The van der Waals surface area contributed by atoms with Crippen molar-refractivity contribution in [2.24, 2.45) is 0 Å². The number of carboxylic acids is 1. The van der Waals surface area contributed by atoms with E-state index in [4.69, 9.17) is 5.11 Å². The molecule has 1 amide bonds. The van der Waals surface area contributed by atoms with Crippen molar-refractivity contribution in [2.75, 3.05) is 6.54 Å². The number of amides is 1. The highest BCUT2D eigenvalue weighted by molar-refractivity contribution is 7.07. The normalized spacial score (nSPS) is 12.1. The van der Waals surface area contributed by atoms with Crippen LogP contribution < -0.4 is 0 Å². The highest BCUT2D eigenvalue weighted by atomic mass is 32.1. The zero-order valence-corrected chi connectivity index (χ0v) is 10.9. The first-order chi connectivity index (χ1) is 8.04. The number of carboxylic acid groups (broad SMARTS) is 1. The van der Waals surface area contributed by atoms with E-state index in [-0.39, 0.29) is 24.9 Å². The third-order valence-corrected chi connectivity index (χ3v) is 3.42. The van der Waals surface area contributed by atoms with E-state index in [0.29, 0.717) is 0 Å². The van der Waals surface area contributed by atoms with Crippen LogP contribution in [0.1, 0.15) is 25.8 Å². The Kier molecular flexibility index (Phi) is 5.15. The first-order valence-corrected chi connectivity index (χ1v) is 6.51. The Bertz CT molecular complexity index is 375. The molecule has 5 heteroatoms. The van der Waals surface area contributed by atoms with E-state index in [9.17, 15) is 9.59 Å². The summed E-state index contributed by atoms with van der Waals surface area (Å²) in [5, 5.41) is 12.6. The molecule has 0 spiro atoms. The van der Waals surface area contributed by atoms with Crippen molar-refractivity contribution in [3.05, 3.63) is 22.4 Å². The number of hydrogen-bond acceptors (Lipinski definition) is 3. The van der Waals surface area contributed by atoms with Gasteiger partial charge in [-0.15, -0.1) is 0 Å². The molecule has 4 nitrogen and oxygen atoms in total. The predicted octanol–water partition coefficient (Wildman–Crippen LogP) is 2.00. The number of carbonyl (C=O) groups is 2. The van der Waals surface area contributed by atoms with Crippen molar-refractivity contribution in [2.45, 2.75) is 32.7 Å². The molecule has 0 aliphatic heterocycles. The number of aliphatic carboxylic acids is 1. The van der Waals surface area contributed by atoms with Gasteiger partial charge in [0, 0.05) is 6.04 Å². The van der Waals surface area contributed by atoms with Crippen LogP contribution in [0, 0.1) is 0 Å². The minimum Gasteiger partial charge on any atom is -0.480 e. The Morgan fingerprint density at radius 1 is 1.53 bits per heavy atom. The van der Waals surface area contributed by atoms with Crippen molar-refractivity contribution in [1.29, 1.82) is 0 Å².